The number of rotatable bonds is 6. The molecule has 0 saturated carbocycles. The van der Waals surface area contributed by atoms with Crippen LogP contribution >= 0.6 is 0 Å². The molecule has 0 radical (unpaired) electrons. The molecule has 10 nitrogen and oxygen atoms in total. The summed E-state index contributed by atoms with van der Waals surface area (Å²) in [5.74, 6) is 0.780. The van der Waals surface area contributed by atoms with Crippen LogP contribution in [-0.2, 0) is 19.5 Å². The summed E-state index contributed by atoms with van der Waals surface area (Å²) in [6, 6.07) is 9.17. The number of benzene rings is 1. The number of nitrogens with zero attached hydrogens (tertiary/aromatic N) is 7. The van der Waals surface area contributed by atoms with Gasteiger partial charge in [-0.15, -0.1) is 11.7 Å². The molecule has 4 heterocycles. The van der Waals surface area contributed by atoms with Crippen LogP contribution < -0.4 is 16.4 Å². The highest BCUT2D eigenvalue weighted by Gasteiger charge is 2.19. The molecule has 1 aliphatic rings. The quantitative estimate of drug-likeness (QED) is 0.430. The van der Waals surface area contributed by atoms with E-state index in [1.165, 1.54) is 32.8 Å². The zero-order valence-corrected chi connectivity index (χ0v) is 20.1. The summed E-state index contributed by atoms with van der Waals surface area (Å²) in [4.78, 5) is 36.8. The molecular weight excluding hydrogens is 444 g/mol. The molecule has 35 heavy (non-hydrogen) atoms. The van der Waals surface area contributed by atoms with E-state index in [-0.39, 0.29) is 23.7 Å². The van der Waals surface area contributed by atoms with E-state index in [0.29, 0.717) is 22.8 Å². The maximum atomic E-state index is 13.1. The first kappa shape index (κ1) is 22.7. The SMILES string of the molecule is C=CCn1c(=O)c2cnc(Nc3ccc4c(c3)CCN(C)C4)nc2n1-c1ccc(=O)n(C(C)C)n1. The van der Waals surface area contributed by atoms with Crippen molar-refractivity contribution in [2.45, 2.75) is 39.4 Å². The molecule has 0 unspecified atom stereocenters. The maximum Gasteiger partial charge on any atom is 0.278 e. The van der Waals surface area contributed by atoms with E-state index in [9.17, 15) is 9.59 Å². The summed E-state index contributed by atoms with van der Waals surface area (Å²) in [6.07, 6.45) is 4.14. The first-order valence-corrected chi connectivity index (χ1v) is 11.6. The number of aromatic nitrogens is 6. The normalized spacial score (nSPS) is 13.8. The van der Waals surface area contributed by atoms with Gasteiger partial charge in [0.1, 0.15) is 5.39 Å². The summed E-state index contributed by atoms with van der Waals surface area (Å²) in [6.45, 7) is 9.74. The second-order valence-electron chi connectivity index (χ2n) is 9.08. The van der Waals surface area contributed by atoms with Crippen LogP contribution in [0.5, 0.6) is 0 Å². The molecule has 10 heteroatoms. The van der Waals surface area contributed by atoms with E-state index >= 15 is 0 Å². The number of hydrogen-bond acceptors (Lipinski definition) is 7. The molecule has 4 aromatic rings. The molecule has 180 valence electrons. The van der Waals surface area contributed by atoms with E-state index in [0.717, 1.165) is 25.2 Å². The van der Waals surface area contributed by atoms with Gasteiger partial charge in [0.25, 0.3) is 11.1 Å². The molecule has 0 aliphatic carbocycles. The van der Waals surface area contributed by atoms with Gasteiger partial charge in [0.15, 0.2) is 11.5 Å². The molecule has 1 aliphatic heterocycles. The van der Waals surface area contributed by atoms with Crippen molar-refractivity contribution in [1.82, 2.24) is 34.0 Å². The van der Waals surface area contributed by atoms with Crippen molar-refractivity contribution in [3.05, 3.63) is 81.0 Å². The lowest BCUT2D eigenvalue weighted by Crippen LogP contribution is -2.28. The molecule has 0 spiro atoms. The number of likely N-dealkylation sites (N-methyl/N-ethyl adjacent to an activating group) is 1. The van der Waals surface area contributed by atoms with Gasteiger partial charge in [-0.05, 0) is 56.6 Å². The lowest BCUT2D eigenvalue weighted by Gasteiger charge is -2.25. The predicted octanol–water partition coefficient (Wildman–Crippen LogP) is 2.64. The molecule has 0 fully saturated rings. The molecule has 1 N–H and O–H groups in total. The van der Waals surface area contributed by atoms with E-state index in [4.69, 9.17) is 0 Å². The van der Waals surface area contributed by atoms with Gasteiger partial charge < -0.3 is 10.2 Å². The fourth-order valence-corrected chi connectivity index (χ4v) is 4.41. The Morgan fingerprint density at radius 3 is 2.77 bits per heavy atom. The summed E-state index contributed by atoms with van der Waals surface area (Å²) in [7, 11) is 2.12. The molecule has 1 aromatic carbocycles. The van der Waals surface area contributed by atoms with Crippen LogP contribution in [0.4, 0.5) is 11.6 Å². The largest absolute Gasteiger partial charge is 0.324 e. The Hall–Kier alpha value is -4.05. The van der Waals surface area contributed by atoms with Gasteiger partial charge in [0, 0.05) is 31.0 Å². The summed E-state index contributed by atoms with van der Waals surface area (Å²) >= 11 is 0. The average molecular weight is 473 g/mol. The molecule has 0 atom stereocenters. The van der Waals surface area contributed by atoms with Crippen LogP contribution in [0.3, 0.4) is 0 Å². The van der Waals surface area contributed by atoms with Crippen molar-refractivity contribution in [3.8, 4) is 5.82 Å². The van der Waals surface area contributed by atoms with Crippen molar-refractivity contribution in [2.24, 2.45) is 0 Å². The highest BCUT2D eigenvalue weighted by molar-refractivity contribution is 5.77. The first-order chi connectivity index (χ1) is 16.9. The Bertz CT molecular complexity index is 1550. The van der Waals surface area contributed by atoms with Gasteiger partial charge in [-0.2, -0.15) is 4.98 Å². The van der Waals surface area contributed by atoms with E-state index < -0.39 is 0 Å². The zero-order valence-electron chi connectivity index (χ0n) is 20.1. The van der Waals surface area contributed by atoms with Gasteiger partial charge in [-0.1, -0.05) is 12.1 Å². The van der Waals surface area contributed by atoms with Crippen molar-refractivity contribution in [3.63, 3.8) is 0 Å². The number of nitrogens with one attached hydrogen (secondary N) is 1. The standard InChI is InChI=1S/C25H28N8O2/c1-5-11-31-24(35)20-14-26-25(27-19-7-6-18-15-30(4)12-10-17(18)13-19)28-23(20)33(31)21-8-9-22(34)32(29-21)16(2)3/h5-9,13-14,16H,1,10-12,15H2,2-4H3,(H,26,27,28). The van der Waals surface area contributed by atoms with Gasteiger partial charge in [-0.25, -0.2) is 19.0 Å². The average Bonchev–Trinajstić information content (AvgIpc) is 3.10. The van der Waals surface area contributed by atoms with Gasteiger partial charge in [0.05, 0.1) is 12.6 Å². The smallest absolute Gasteiger partial charge is 0.278 e. The number of fused-ring (bicyclic) bond motifs is 2. The van der Waals surface area contributed by atoms with Crippen LogP contribution in [-0.4, -0.2) is 47.6 Å². The van der Waals surface area contributed by atoms with Crippen LogP contribution in [0.1, 0.15) is 31.0 Å². The predicted molar refractivity (Wildman–Crippen MR) is 136 cm³/mol. The van der Waals surface area contributed by atoms with Gasteiger partial charge in [-0.3, -0.25) is 9.59 Å². The Labute approximate surface area is 202 Å². The van der Waals surface area contributed by atoms with E-state index in [2.05, 4.69) is 51.0 Å². The highest BCUT2D eigenvalue weighted by Crippen LogP contribution is 2.24. The molecular formula is C25H28N8O2. The zero-order chi connectivity index (χ0) is 24.7. The molecule has 3 aromatic heterocycles. The third-order valence-corrected chi connectivity index (χ3v) is 6.16. The fourth-order valence-electron chi connectivity index (χ4n) is 4.41. The van der Waals surface area contributed by atoms with Gasteiger partial charge >= 0.3 is 0 Å². The number of allylic oxidation sites excluding steroid dienone is 1. The molecule has 0 saturated heterocycles. The van der Waals surface area contributed by atoms with Crippen LogP contribution in [0.25, 0.3) is 16.9 Å². The minimum Gasteiger partial charge on any atom is -0.324 e. The van der Waals surface area contributed by atoms with Crippen molar-refractivity contribution in [1.29, 1.82) is 0 Å². The number of anilines is 2. The van der Waals surface area contributed by atoms with Crippen molar-refractivity contribution in [2.75, 3.05) is 18.9 Å². The minimum absolute atomic E-state index is 0.139. The Morgan fingerprint density at radius 1 is 1.17 bits per heavy atom. The Balaban J connectivity index is 1.61. The summed E-state index contributed by atoms with van der Waals surface area (Å²) in [5.41, 5.74) is 3.45. The molecule has 0 amide bonds. The number of hydrogen-bond donors (Lipinski definition) is 1. The van der Waals surface area contributed by atoms with Crippen LogP contribution in [0.15, 0.2) is 58.8 Å². The second-order valence-corrected chi connectivity index (χ2v) is 9.08. The van der Waals surface area contributed by atoms with Crippen molar-refractivity contribution >= 4 is 22.7 Å². The lowest BCUT2D eigenvalue weighted by atomic mass is 9.99. The third-order valence-electron chi connectivity index (χ3n) is 6.16. The van der Waals surface area contributed by atoms with Gasteiger partial charge in [0.2, 0.25) is 5.95 Å². The molecule has 5 rings (SSSR count). The monoisotopic (exact) mass is 472 g/mol. The first-order valence-electron chi connectivity index (χ1n) is 11.6. The van der Waals surface area contributed by atoms with Crippen LogP contribution in [0.2, 0.25) is 0 Å². The summed E-state index contributed by atoms with van der Waals surface area (Å²) < 4.78 is 4.49. The second kappa shape index (κ2) is 8.95. The summed E-state index contributed by atoms with van der Waals surface area (Å²) in [5, 5.41) is 8.14. The maximum absolute atomic E-state index is 13.1. The third kappa shape index (κ3) is 4.17. The fraction of sp³-hybridized carbons (Fsp3) is 0.320. The Morgan fingerprint density at radius 2 is 2.00 bits per heavy atom. The van der Waals surface area contributed by atoms with Crippen LogP contribution in [0, 0.1) is 0 Å². The topological polar surface area (TPSA) is 103 Å². The van der Waals surface area contributed by atoms with E-state index in [1.807, 2.05) is 19.9 Å². The Kier molecular flexibility index (Phi) is 5.81. The lowest BCUT2D eigenvalue weighted by molar-refractivity contribution is 0.313. The minimum atomic E-state index is -0.256. The van der Waals surface area contributed by atoms with Crippen molar-refractivity contribution < 1.29 is 0 Å². The highest BCUT2D eigenvalue weighted by atomic mass is 16.1. The van der Waals surface area contributed by atoms with E-state index in [1.54, 1.807) is 16.8 Å². The molecule has 0 bridgehead atoms.